The number of hydrogen-bond donors (Lipinski definition) is 1. The Hall–Kier alpha value is -1.65. The Labute approximate surface area is 138 Å². The molecule has 2 aliphatic rings. The van der Waals surface area contributed by atoms with Crippen molar-refractivity contribution in [2.75, 3.05) is 26.2 Å². The average Bonchev–Trinajstić information content (AvgIpc) is 3.31. The molecule has 0 aromatic heterocycles. The fourth-order valence-corrected chi connectivity index (χ4v) is 3.31. The van der Waals surface area contributed by atoms with E-state index in [9.17, 15) is 9.90 Å². The minimum Gasteiger partial charge on any atom is -0.549 e. The first kappa shape index (κ1) is 16.2. The van der Waals surface area contributed by atoms with Crippen molar-refractivity contribution in [1.82, 2.24) is 10.2 Å². The molecule has 4 nitrogen and oxygen atoms in total. The molecular formula is C19H25N2O2-. The Kier molecular flexibility index (Phi) is 5.47. The van der Waals surface area contributed by atoms with E-state index in [-0.39, 0.29) is 6.54 Å². The molecular weight excluding hydrogens is 288 g/mol. The Balaban J connectivity index is 1.32. The van der Waals surface area contributed by atoms with E-state index in [0.29, 0.717) is 17.9 Å². The van der Waals surface area contributed by atoms with Crippen LogP contribution in [0.3, 0.4) is 0 Å². The van der Waals surface area contributed by atoms with Gasteiger partial charge in [0.15, 0.2) is 0 Å². The number of carboxylic acid groups (broad SMARTS) is 1. The van der Waals surface area contributed by atoms with Crippen LogP contribution in [0.1, 0.15) is 24.8 Å². The lowest BCUT2D eigenvalue weighted by molar-refractivity contribution is -0.306. The second-order valence-electron chi connectivity index (χ2n) is 6.78. The Morgan fingerprint density at radius 1 is 1.26 bits per heavy atom. The average molecular weight is 313 g/mol. The lowest BCUT2D eigenvalue weighted by atomic mass is 9.97. The quantitative estimate of drug-likeness (QED) is 0.820. The van der Waals surface area contributed by atoms with Gasteiger partial charge in [-0.05, 0) is 56.3 Å². The van der Waals surface area contributed by atoms with Gasteiger partial charge in [-0.2, -0.15) is 0 Å². The van der Waals surface area contributed by atoms with Gasteiger partial charge in [0, 0.05) is 12.6 Å². The summed E-state index contributed by atoms with van der Waals surface area (Å²) in [4.78, 5) is 12.6. The van der Waals surface area contributed by atoms with Crippen LogP contribution in [-0.4, -0.2) is 43.1 Å². The predicted molar refractivity (Wildman–Crippen MR) is 89.5 cm³/mol. The van der Waals surface area contributed by atoms with Crippen molar-refractivity contribution >= 4 is 12.0 Å². The summed E-state index contributed by atoms with van der Waals surface area (Å²) in [6, 6.07) is 11.0. The second kappa shape index (κ2) is 7.75. The maximum absolute atomic E-state index is 10.6. The highest BCUT2D eigenvalue weighted by molar-refractivity contribution is 5.66. The third-order valence-corrected chi connectivity index (χ3v) is 4.90. The molecule has 2 fully saturated rings. The highest BCUT2D eigenvalue weighted by Crippen LogP contribution is 2.32. The molecule has 23 heavy (non-hydrogen) atoms. The van der Waals surface area contributed by atoms with Gasteiger partial charge in [0.2, 0.25) is 0 Å². The van der Waals surface area contributed by atoms with Crippen LogP contribution in [0.4, 0.5) is 0 Å². The minimum atomic E-state index is -0.965. The van der Waals surface area contributed by atoms with Gasteiger partial charge in [0.05, 0.1) is 5.97 Å². The van der Waals surface area contributed by atoms with E-state index in [0.717, 1.165) is 32.5 Å². The monoisotopic (exact) mass is 313 g/mol. The second-order valence-corrected chi connectivity index (χ2v) is 6.78. The predicted octanol–water partition coefficient (Wildman–Crippen LogP) is 1.14. The van der Waals surface area contributed by atoms with Crippen molar-refractivity contribution in [2.24, 2.45) is 11.8 Å². The largest absolute Gasteiger partial charge is 0.549 e. The van der Waals surface area contributed by atoms with Crippen molar-refractivity contribution in [1.29, 1.82) is 0 Å². The molecule has 1 heterocycles. The molecule has 1 aliphatic heterocycles. The molecule has 0 spiro atoms. The van der Waals surface area contributed by atoms with Crippen molar-refractivity contribution < 1.29 is 9.90 Å². The molecule has 1 saturated heterocycles. The van der Waals surface area contributed by atoms with Gasteiger partial charge in [0.1, 0.15) is 0 Å². The lowest BCUT2D eigenvalue weighted by Crippen LogP contribution is -2.43. The Morgan fingerprint density at radius 3 is 2.70 bits per heavy atom. The number of aliphatic carboxylic acids is 1. The number of likely N-dealkylation sites (tertiary alicyclic amines) is 1. The molecule has 1 saturated carbocycles. The maximum Gasteiger partial charge on any atom is 0.0555 e. The first-order valence-corrected chi connectivity index (χ1v) is 8.59. The molecule has 2 atom stereocenters. The number of carbonyl (C=O) groups is 1. The SMILES string of the molecule is O=C([O-])CN1CCC(CNC2CC2/C=C/c2ccccc2)CC1. The standard InChI is InChI=1S/C19H26N2O2/c22-19(23)14-21-10-8-16(9-11-21)13-20-18-12-17(18)7-6-15-4-2-1-3-5-15/h1-7,16-18,20H,8-14H2,(H,22,23)/p-1/b7-6+. The van der Waals surface area contributed by atoms with E-state index >= 15 is 0 Å². The third-order valence-electron chi connectivity index (χ3n) is 4.90. The fraction of sp³-hybridized carbons (Fsp3) is 0.526. The molecule has 0 radical (unpaired) electrons. The number of nitrogens with one attached hydrogen (secondary N) is 1. The van der Waals surface area contributed by atoms with Gasteiger partial charge in [-0.25, -0.2) is 0 Å². The zero-order chi connectivity index (χ0) is 16.1. The fourth-order valence-electron chi connectivity index (χ4n) is 3.31. The maximum atomic E-state index is 10.6. The molecule has 1 aromatic carbocycles. The van der Waals surface area contributed by atoms with E-state index in [1.54, 1.807) is 0 Å². The molecule has 2 unspecified atom stereocenters. The van der Waals surface area contributed by atoms with Crippen LogP contribution in [0.25, 0.3) is 6.08 Å². The summed E-state index contributed by atoms with van der Waals surface area (Å²) in [5, 5.41) is 14.3. The smallest absolute Gasteiger partial charge is 0.0555 e. The van der Waals surface area contributed by atoms with Gasteiger partial charge in [0.25, 0.3) is 0 Å². The molecule has 0 amide bonds. The Morgan fingerprint density at radius 2 is 2.00 bits per heavy atom. The number of nitrogens with zero attached hydrogens (tertiary/aromatic N) is 1. The molecule has 1 aliphatic carbocycles. The highest BCUT2D eigenvalue weighted by atomic mass is 16.4. The molecule has 1 N–H and O–H groups in total. The van der Waals surface area contributed by atoms with Crippen LogP contribution in [0.5, 0.6) is 0 Å². The lowest BCUT2D eigenvalue weighted by Gasteiger charge is -2.32. The van der Waals surface area contributed by atoms with Gasteiger partial charge in [-0.1, -0.05) is 42.5 Å². The van der Waals surface area contributed by atoms with E-state index in [1.165, 1.54) is 12.0 Å². The summed E-state index contributed by atoms with van der Waals surface area (Å²) in [7, 11) is 0. The molecule has 124 valence electrons. The van der Waals surface area contributed by atoms with Gasteiger partial charge >= 0.3 is 0 Å². The van der Waals surface area contributed by atoms with Crippen LogP contribution in [0.2, 0.25) is 0 Å². The third kappa shape index (κ3) is 5.19. The van der Waals surface area contributed by atoms with E-state index < -0.39 is 5.97 Å². The molecule has 0 bridgehead atoms. The summed E-state index contributed by atoms with van der Waals surface area (Å²) < 4.78 is 0. The van der Waals surface area contributed by atoms with Crippen LogP contribution in [0.15, 0.2) is 36.4 Å². The first-order chi connectivity index (χ1) is 11.2. The van der Waals surface area contributed by atoms with E-state index in [1.807, 2.05) is 11.0 Å². The van der Waals surface area contributed by atoms with Crippen molar-refractivity contribution in [3.05, 3.63) is 42.0 Å². The van der Waals surface area contributed by atoms with Gasteiger partial charge in [-0.3, -0.25) is 4.90 Å². The van der Waals surface area contributed by atoms with E-state index in [4.69, 9.17) is 0 Å². The number of carboxylic acids is 1. The topological polar surface area (TPSA) is 55.4 Å². The molecule has 4 heteroatoms. The van der Waals surface area contributed by atoms with Crippen molar-refractivity contribution in [3.8, 4) is 0 Å². The van der Waals surface area contributed by atoms with Gasteiger partial charge in [-0.15, -0.1) is 0 Å². The number of carbonyl (C=O) groups excluding carboxylic acids is 1. The summed E-state index contributed by atoms with van der Waals surface area (Å²) in [6.07, 6.45) is 7.92. The van der Waals surface area contributed by atoms with Crippen LogP contribution < -0.4 is 10.4 Å². The molecule has 1 aromatic rings. The van der Waals surface area contributed by atoms with Crippen molar-refractivity contribution in [2.45, 2.75) is 25.3 Å². The Bertz CT molecular complexity index is 536. The summed E-state index contributed by atoms with van der Waals surface area (Å²) >= 11 is 0. The number of piperidine rings is 1. The molecule has 3 rings (SSSR count). The zero-order valence-electron chi connectivity index (χ0n) is 13.5. The first-order valence-electron chi connectivity index (χ1n) is 8.59. The minimum absolute atomic E-state index is 0.0785. The zero-order valence-corrected chi connectivity index (χ0v) is 13.5. The number of rotatable bonds is 7. The van der Waals surface area contributed by atoms with Crippen LogP contribution in [0, 0.1) is 11.8 Å². The van der Waals surface area contributed by atoms with Gasteiger partial charge < -0.3 is 15.2 Å². The summed E-state index contributed by atoms with van der Waals surface area (Å²) in [6.45, 7) is 2.89. The normalized spacial score (nSPS) is 25.7. The van der Waals surface area contributed by atoms with Crippen molar-refractivity contribution in [3.63, 3.8) is 0 Å². The van der Waals surface area contributed by atoms with Crippen LogP contribution in [-0.2, 0) is 4.79 Å². The number of benzene rings is 1. The van der Waals surface area contributed by atoms with E-state index in [2.05, 4.69) is 41.7 Å². The summed E-state index contributed by atoms with van der Waals surface area (Å²) in [5.41, 5.74) is 1.26. The highest BCUT2D eigenvalue weighted by Gasteiger charge is 2.34. The van der Waals surface area contributed by atoms with Crippen LogP contribution >= 0.6 is 0 Å². The summed E-state index contributed by atoms with van der Waals surface area (Å²) in [5.74, 6) is 0.369. The number of hydrogen-bond acceptors (Lipinski definition) is 4.